The summed E-state index contributed by atoms with van der Waals surface area (Å²) in [6.07, 6.45) is 2.39. The monoisotopic (exact) mass is 332 g/mol. The van der Waals surface area contributed by atoms with Gasteiger partial charge in [0, 0.05) is 34.9 Å². The maximum atomic E-state index is 12.3. The van der Waals surface area contributed by atoms with Gasteiger partial charge in [0.15, 0.2) is 0 Å². The molecule has 0 radical (unpaired) electrons. The first kappa shape index (κ1) is 18.1. The van der Waals surface area contributed by atoms with Crippen molar-refractivity contribution in [3.05, 3.63) is 24.3 Å². The molecule has 21 heavy (non-hydrogen) atoms. The SMILES string of the molecule is CC(C)NS(=O)(=O)c1ccccc1NCCC(C)S(C)=O. The first-order chi connectivity index (χ1) is 9.74. The minimum Gasteiger partial charge on any atom is -0.384 e. The number of hydrogen-bond acceptors (Lipinski definition) is 4. The maximum absolute atomic E-state index is 12.3. The summed E-state index contributed by atoms with van der Waals surface area (Å²) in [4.78, 5) is 0.240. The molecule has 1 aromatic rings. The Morgan fingerprint density at radius 2 is 1.81 bits per heavy atom. The van der Waals surface area contributed by atoms with E-state index in [4.69, 9.17) is 0 Å². The third-order valence-corrected chi connectivity index (χ3v) is 6.09. The molecule has 0 amide bonds. The molecule has 1 rings (SSSR count). The Bertz CT molecular complexity index is 586. The van der Waals surface area contributed by atoms with Crippen molar-refractivity contribution in [3.8, 4) is 0 Å². The van der Waals surface area contributed by atoms with Gasteiger partial charge in [-0.15, -0.1) is 0 Å². The number of nitrogens with one attached hydrogen (secondary N) is 2. The van der Waals surface area contributed by atoms with Crippen LogP contribution < -0.4 is 10.0 Å². The summed E-state index contributed by atoms with van der Waals surface area (Å²) in [5, 5.41) is 3.20. The number of rotatable bonds is 8. The minimum atomic E-state index is -3.53. The summed E-state index contributed by atoms with van der Waals surface area (Å²) in [5.74, 6) is 0. The van der Waals surface area contributed by atoms with Gasteiger partial charge in [0.1, 0.15) is 4.90 Å². The van der Waals surface area contributed by atoms with Gasteiger partial charge in [0.2, 0.25) is 10.0 Å². The average molecular weight is 332 g/mol. The van der Waals surface area contributed by atoms with Crippen LogP contribution in [0.1, 0.15) is 27.2 Å². The Labute approximate surface area is 130 Å². The van der Waals surface area contributed by atoms with Crippen LogP contribution in [0.5, 0.6) is 0 Å². The lowest BCUT2D eigenvalue weighted by Gasteiger charge is -2.15. The Balaban J connectivity index is 2.83. The molecule has 120 valence electrons. The molecule has 0 aliphatic carbocycles. The van der Waals surface area contributed by atoms with E-state index in [1.165, 1.54) is 0 Å². The first-order valence-electron chi connectivity index (χ1n) is 6.91. The molecule has 0 heterocycles. The van der Waals surface area contributed by atoms with Crippen LogP contribution in [0.3, 0.4) is 0 Å². The van der Waals surface area contributed by atoms with E-state index in [0.717, 1.165) is 6.42 Å². The van der Waals surface area contributed by atoms with Gasteiger partial charge >= 0.3 is 0 Å². The van der Waals surface area contributed by atoms with Crippen LogP contribution in [0.4, 0.5) is 5.69 Å². The Morgan fingerprint density at radius 3 is 2.38 bits per heavy atom. The van der Waals surface area contributed by atoms with Crippen molar-refractivity contribution in [2.24, 2.45) is 0 Å². The quantitative estimate of drug-likeness (QED) is 0.763. The van der Waals surface area contributed by atoms with Gasteiger partial charge in [0.25, 0.3) is 0 Å². The lowest BCUT2D eigenvalue weighted by Crippen LogP contribution is -2.30. The topological polar surface area (TPSA) is 75.3 Å². The smallest absolute Gasteiger partial charge is 0.242 e. The average Bonchev–Trinajstić information content (AvgIpc) is 2.37. The molecule has 0 aliphatic rings. The molecule has 2 N–H and O–H groups in total. The Morgan fingerprint density at radius 1 is 1.19 bits per heavy atom. The van der Waals surface area contributed by atoms with E-state index in [2.05, 4.69) is 10.0 Å². The first-order valence-corrected chi connectivity index (χ1v) is 10.0. The fourth-order valence-electron chi connectivity index (χ4n) is 1.80. The lowest BCUT2D eigenvalue weighted by molar-refractivity contribution is 0.570. The van der Waals surface area contributed by atoms with Crippen LogP contribution in [0.2, 0.25) is 0 Å². The third-order valence-electron chi connectivity index (χ3n) is 3.00. The fraction of sp³-hybridized carbons (Fsp3) is 0.571. The number of para-hydroxylation sites is 1. The van der Waals surface area contributed by atoms with Crippen LogP contribution >= 0.6 is 0 Å². The maximum Gasteiger partial charge on any atom is 0.242 e. The second-order valence-electron chi connectivity index (χ2n) is 5.30. The van der Waals surface area contributed by atoms with E-state index < -0.39 is 20.8 Å². The summed E-state index contributed by atoms with van der Waals surface area (Å²) in [6, 6.07) is 6.64. The highest BCUT2D eigenvalue weighted by atomic mass is 32.2. The van der Waals surface area contributed by atoms with Gasteiger partial charge < -0.3 is 5.32 Å². The molecule has 0 saturated heterocycles. The summed E-state index contributed by atoms with van der Waals surface area (Å²) >= 11 is 0. The zero-order valence-electron chi connectivity index (χ0n) is 12.9. The molecule has 2 atom stereocenters. The molecule has 0 aliphatic heterocycles. The van der Waals surface area contributed by atoms with Crippen LogP contribution in [0.15, 0.2) is 29.2 Å². The Hall–Kier alpha value is -0.920. The van der Waals surface area contributed by atoms with Gasteiger partial charge in [0.05, 0.1) is 5.69 Å². The molecule has 0 saturated carbocycles. The summed E-state index contributed by atoms with van der Waals surface area (Å²) in [6.45, 7) is 6.06. The van der Waals surface area contributed by atoms with Crippen molar-refractivity contribution in [1.82, 2.24) is 4.72 Å². The zero-order chi connectivity index (χ0) is 16.0. The summed E-state index contributed by atoms with van der Waals surface area (Å²) < 4.78 is 38.4. The van der Waals surface area contributed by atoms with Crippen molar-refractivity contribution in [1.29, 1.82) is 0 Å². The van der Waals surface area contributed by atoms with E-state index in [1.54, 1.807) is 44.4 Å². The van der Waals surface area contributed by atoms with E-state index in [-0.39, 0.29) is 16.2 Å². The van der Waals surface area contributed by atoms with Crippen LogP contribution in [-0.4, -0.2) is 36.7 Å². The fourth-order valence-corrected chi connectivity index (χ4v) is 3.68. The molecule has 0 aromatic heterocycles. The van der Waals surface area contributed by atoms with E-state index in [1.807, 2.05) is 6.92 Å². The summed E-state index contributed by atoms with van der Waals surface area (Å²) in [5.41, 5.74) is 0.569. The molecule has 5 nitrogen and oxygen atoms in total. The zero-order valence-corrected chi connectivity index (χ0v) is 14.6. The van der Waals surface area contributed by atoms with Crippen molar-refractivity contribution < 1.29 is 12.6 Å². The van der Waals surface area contributed by atoms with Crippen molar-refractivity contribution >= 4 is 26.5 Å². The molecular weight excluding hydrogens is 308 g/mol. The predicted molar refractivity (Wildman–Crippen MR) is 88.5 cm³/mol. The van der Waals surface area contributed by atoms with Gasteiger partial charge in [-0.2, -0.15) is 0 Å². The highest BCUT2D eigenvalue weighted by molar-refractivity contribution is 7.89. The largest absolute Gasteiger partial charge is 0.384 e. The highest BCUT2D eigenvalue weighted by Crippen LogP contribution is 2.21. The second-order valence-corrected chi connectivity index (χ2v) is 8.78. The van der Waals surface area contributed by atoms with Gasteiger partial charge in [-0.1, -0.05) is 19.1 Å². The molecule has 1 aromatic carbocycles. The highest BCUT2D eigenvalue weighted by Gasteiger charge is 2.19. The van der Waals surface area contributed by atoms with Gasteiger partial charge in [-0.3, -0.25) is 4.21 Å². The minimum absolute atomic E-state index is 0.0788. The van der Waals surface area contributed by atoms with Crippen molar-refractivity contribution in [3.63, 3.8) is 0 Å². The number of anilines is 1. The molecule has 0 fully saturated rings. The van der Waals surface area contributed by atoms with Crippen LogP contribution in [0, 0.1) is 0 Å². The molecule has 0 spiro atoms. The standard InChI is InChI=1S/C14H24N2O3S2/c1-11(2)16-21(18,19)14-8-6-5-7-13(14)15-10-9-12(3)20(4)17/h5-8,11-12,15-16H,9-10H2,1-4H3. The van der Waals surface area contributed by atoms with E-state index in [9.17, 15) is 12.6 Å². The normalized spacial score (nSPS) is 14.9. The number of benzene rings is 1. The lowest BCUT2D eigenvalue weighted by atomic mass is 10.3. The molecule has 7 heteroatoms. The van der Waals surface area contributed by atoms with Crippen molar-refractivity contribution in [2.45, 2.75) is 43.4 Å². The van der Waals surface area contributed by atoms with E-state index >= 15 is 0 Å². The van der Waals surface area contributed by atoms with Gasteiger partial charge in [-0.05, 0) is 32.4 Å². The van der Waals surface area contributed by atoms with E-state index in [0.29, 0.717) is 12.2 Å². The molecule has 0 bridgehead atoms. The van der Waals surface area contributed by atoms with Crippen molar-refractivity contribution in [2.75, 3.05) is 18.1 Å². The molecule has 2 unspecified atom stereocenters. The molecular formula is C14H24N2O3S2. The number of sulfonamides is 1. The van der Waals surface area contributed by atoms with Crippen LogP contribution in [0.25, 0.3) is 0 Å². The summed E-state index contributed by atoms with van der Waals surface area (Å²) in [7, 11) is -4.40. The van der Waals surface area contributed by atoms with Gasteiger partial charge in [-0.25, -0.2) is 13.1 Å². The predicted octanol–water partition coefficient (Wildman–Crippen LogP) is 1.94. The number of hydrogen-bond donors (Lipinski definition) is 2. The third kappa shape index (κ3) is 5.76. The Kier molecular flexibility index (Phi) is 6.83. The van der Waals surface area contributed by atoms with Crippen LogP contribution in [-0.2, 0) is 20.8 Å². The second kappa shape index (κ2) is 7.91.